The molecular formula is C15H24N2O2. The zero-order chi connectivity index (χ0) is 14.3. The number of hydrogen-bond acceptors (Lipinski definition) is 2. The zero-order valence-corrected chi connectivity index (χ0v) is 12.2. The number of carbonyl (C=O) groups is 1. The van der Waals surface area contributed by atoms with Gasteiger partial charge in [-0.2, -0.15) is 0 Å². The molecule has 0 saturated carbocycles. The molecule has 1 unspecified atom stereocenters. The van der Waals surface area contributed by atoms with Crippen LogP contribution in [0.4, 0.5) is 4.79 Å². The molecule has 1 rings (SSSR count). The van der Waals surface area contributed by atoms with Crippen molar-refractivity contribution in [3.05, 3.63) is 29.3 Å². The van der Waals surface area contributed by atoms with Gasteiger partial charge in [0.2, 0.25) is 0 Å². The third-order valence-electron chi connectivity index (χ3n) is 3.03. The number of carbonyl (C=O) groups excluding carboxylic acids is 1. The van der Waals surface area contributed by atoms with Crippen molar-refractivity contribution in [2.75, 3.05) is 13.2 Å². The second-order valence-electron chi connectivity index (χ2n) is 4.78. The molecule has 1 atom stereocenters. The van der Waals surface area contributed by atoms with Gasteiger partial charge in [0, 0.05) is 6.04 Å². The summed E-state index contributed by atoms with van der Waals surface area (Å²) < 4.78 is 5.71. The summed E-state index contributed by atoms with van der Waals surface area (Å²) >= 11 is 0. The van der Waals surface area contributed by atoms with E-state index in [0.717, 1.165) is 23.3 Å². The first-order valence-corrected chi connectivity index (χ1v) is 6.78. The fraction of sp³-hybridized carbons (Fsp3) is 0.533. The van der Waals surface area contributed by atoms with Crippen LogP contribution in [0.5, 0.6) is 5.75 Å². The number of urea groups is 1. The molecule has 0 bridgehead atoms. The number of ether oxygens (including phenoxy) is 1. The average molecular weight is 264 g/mol. The van der Waals surface area contributed by atoms with Gasteiger partial charge in [-0.1, -0.05) is 25.1 Å². The molecule has 0 aromatic heterocycles. The van der Waals surface area contributed by atoms with E-state index in [0.29, 0.717) is 13.2 Å². The minimum absolute atomic E-state index is 0.139. The molecule has 4 nitrogen and oxygen atoms in total. The van der Waals surface area contributed by atoms with E-state index in [-0.39, 0.29) is 12.1 Å². The Labute approximate surface area is 115 Å². The highest BCUT2D eigenvalue weighted by atomic mass is 16.5. The van der Waals surface area contributed by atoms with Gasteiger partial charge in [-0.25, -0.2) is 4.79 Å². The molecule has 0 radical (unpaired) electrons. The molecule has 0 aliphatic heterocycles. The van der Waals surface area contributed by atoms with Crippen molar-refractivity contribution in [2.45, 2.75) is 40.2 Å². The van der Waals surface area contributed by atoms with E-state index in [4.69, 9.17) is 4.74 Å². The monoisotopic (exact) mass is 264 g/mol. The minimum Gasteiger partial charge on any atom is -0.491 e. The van der Waals surface area contributed by atoms with Crippen LogP contribution in [-0.2, 0) is 0 Å². The van der Waals surface area contributed by atoms with Gasteiger partial charge in [-0.05, 0) is 38.3 Å². The molecule has 2 amide bonds. The molecule has 0 fully saturated rings. The first-order valence-electron chi connectivity index (χ1n) is 6.78. The lowest BCUT2D eigenvalue weighted by Crippen LogP contribution is -2.41. The lowest BCUT2D eigenvalue weighted by atomic mass is 10.1. The fourth-order valence-corrected chi connectivity index (χ4v) is 1.72. The highest BCUT2D eigenvalue weighted by molar-refractivity contribution is 5.74. The summed E-state index contributed by atoms with van der Waals surface area (Å²) in [6.45, 7) is 9.02. The minimum atomic E-state index is -0.139. The largest absolute Gasteiger partial charge is 0.491 e. The highest BCUT2D eigenvalue weighted by Gasteiger charge is 2.05. The molecule has 0 heterocycles. The number of amides is 2. The quantitative estimate of drug-likeness (QED) is 0.776. The Morgan fingerprint density at radius 3 is 2.53 bits per heavy atom. The first kappa shape index (κ1) is 15.3. The van der Waals surface area contributed by atoms with Gasteiger partial charge in [-0.15, -0.1) is 0 Å². The van der Waals surface area contributed by atoms with Crippen molar-refractivity contribution in [2.24, 2.45) is 0 Å². The van der Waals surface area contributed by atoms with E-state index in [1.807, 2.05) is 45.9 Å². The number of aryl methyl sites for hydroxylation is 2. The van der Waals surface area contributed by atoms with Crippen LogP contribution in [0.25, 0.3) is 0 Å². The number of benzene rings is 1. The molecule has 1 aromatic rings. The van der Waals surface area contributed by atoms with E-state index in [1.165, 1.54) is 0 Å². The molecule has 19 heavy (non-hydrogen) atoms. The molecular weight excluding hydrogens is 240 g/mol. The molecule has 0 aliphatic rings. The topological polar surface area (TPSA) is 50.4 Å². The van der Waals surface area contributed by atoms with Gasteiger partial charge in [-0.3, -0.25) is 0 Å². The third-order valence-corrected chi connectivity index (χ3v) is 3.03. The van der Waals surface area contributed by atoms with Gasteiger partial charge >= 0.3 is 6.03 Å². The molecule has 4 heteroatoms. The second kappa shape index (κ2) is 7.67. The van der Waals surface area contributed by atoms with E-state index in [1.54, 1.807) is 0 Å². The number of rotatable bonds is 6. The van der Waals surface area contributed by atoms with Crippen molar-refractivity contribution >= 4 is 6.03 Å². The molecule has 2 N–H and O–H groups in total. The first-order chi connectivity index (χ1) is 9.04. The summed E-state index contributed by atoms with van der Waals surface area (Å²) in [7, 11) is 0. The van der Waals surface area contributed by atoms with Crippen molar-refractivity contribution < 1.29 is 9.53 Å². The molecule has 0 aliphatic carbocycles. The molecule has 106 valence electrons. The summed E-state index contributed by atoms with van der Waals surface area (Å²) in [4.78, 5) is 11.5. The van der Waals surface area contributed by atoms with Gasteiger partial charge in [0.15, 0.2) is 0 Å². The maximum atomic E-state index is 11.5. The summed E-state index contributed by atoms with van der Waals surface area (Å²) in [5, 5.41) is 5.63. The molecule has 0 saturated heterocycles. The maximum absolute atomic E-state index is 11.5. The average Bonchev–Trinajstić information content (AvgIpc) is 2.37. The van der Waals surface area contributed by atoms with E-state index in [9.17, 15) is 4.79 Å². The van der Waals surface area contributed by atoms with E-state index in [2.05, 4.69) is 10.6 Å². The third kappa shape index (κ3) is 5.20. The highest BCUT2D eigenvalue weighted by Crippen LogP contribution is 2.21. The van der Waals surface area contributed by atoms with Crippen molar-refractivity contribution in [1.82, 2.24) is 10.6 Å². The van der Waals surface area contributed by atoms with E-state index >= 15 is 0 Å². The zero-order valence-electron chi connectivity index (χ0n) is 12.2. The Morgan fingerprint density at radius 1 is 1.32 bits per heavy atom. The van der Waals surface area contributed by atoms with Crippen molar-refractivity contribution in [3.8, 4) is 5.75 Å². The van der Waals surface area contributed by atoms with Gasteiger partial charge in [0.05, 0.1) is 6.54 Å². The number of hydrogen-bond donors (Lipinski definition) is 2. The van der Waals surface area contributed by atoms with Gasteiger partial charge in [0.1, 0.15) is 12.4 Å². The SMILES string of the molecule is CCC(C)NC(=O)NCCOc1c(C)cccc1C. The van der Waals surface area contributed by atoms with Crippen LogP contribution in [0.2, 0.25) is 0 Å². The van der Waals surface area contributed by atoms with Crippen LogP contribution in [0.1, 0.15) is 31.4 Å². The Morgan fingerprint density at radius 2 is 1.95 bits per heavy atom. The van der Waals surface area contributed by atoms with Crippen LogP contribution >= 0.6 is 0 Å². The number of nitrogens with one attached hydrogen (secondary N) is 2. The Balaban J connectivity index is 2.29. The van der Waals surface area contributed by atoms with Crippen molar-refractivity contribution in [3.63, 3.8) is 0 Å². The van der Waals surface area contributed by atoms with E-state index < -0.39 is 0 Å². The van der Waals surface area contributed by atoms with Crippen molar-refractivity contribution in [1.29, 1.82) is 0 Å². The lowest BCUT2D eigenvalue weighted by Gasteiger charge is -2.14. The van der Waals surface area contributed by atoms with Crippen LogP contribution in [-0.4, -0.2) is 25.2 Å². The van der Waals surface area contributed by atoms with Gasteiger partial charge < -0.3 is 15.4 Å². The summed E-state index contributed by atoms with van der Waals surface area (Å²) in [6, 6.07) is 6.10. The number of para-hydroxylation sites is 1. The lowest BCUT2D eigenvalue weighted by molar-refractivity contribution is 0.233. The van der Waals surface area contributed by atoms with Gasteiger partial charge in [0.25, 0.3) is 0 Å². The van der Waals surface area contributed by atoms with Crippen LogP contribution < -0.4 is 15.4 Å². The van der Waals surface area contributed by atoms with Crippen LogP contribution in [0.15, 0.2) is 18.2 Å². The maximum Gasteiger partial charge on any atom is 0.315 e. The molecule has 0 spiro atoms. The Kier molecular flexibility index (Phi) is 6.19. The smallest absolute Gasteiger partial charge is 0.315 e. The second-order valence-corrected chi connectivity index (χ2v) is 4.78. The standard InChI is InChI=1S/C15H24N2O2/c1-5-13(4)17-15(18)16-9-10-19-14-11(2)7-6-8-12(14)3/h6-8,13H,5,9-10H2,1-4H3,(H2,16,17,18). The summed E-state index contributed by atoms with van der Waals surface area (Å²) in [5.41, 5.74) is 2.23. The Hall–Kier alpha value is -1.71. The normalized spacial score (nSPS) is 11.8. The Bertz CT molecular complexity index is 398. The predicted molar refractivity (Wildman–Crippen MR) is 77.7 cm³/mol. The van der Waals surface area contributed by atoms with Crippen LogP contribution in [0, 0.1) is 13.8 Å². The predicted octanol–water partition coefficient (Wildman–Crippen LogP) is 2.78. The van der Waals surface area contributed by atoms with Crippen LogP contribution in [0.3, 0.4) is 0 Å². The fourth-order valence-electron chi connectivity index (χ4n) is 1.72. The summed E-state index contributed by atoms with van der Waals surface area (Å²) in [5.74, 6) is 0.909. The summed E-state index contributed by atoms with van der Waals surface area (Å²) in [6.07, 6.45) is 0.923. The molecule has 1 aromatic carbocycles.